The summed E-state index contributed by atoms with van der Waals surface area (Å²) in [6, 6.07) is 3.92. The molecule has 0 aromatic carbocycles. The van der Waals surface area contributed by atoms with Gasteiger partial charge in [-0.1, -0.05) is 25.7 Å². The van der Waals surface area contributed by atoms with Crippen molar-refractivity contribution < 1.29 is 4.42 Å². The quantitative estimate of drug-likeness (QED) is 0.458. The van der Waals surface area contributed by atoms with Gasteiger partial charge in [0.2, 0.25) is 0 Å². The minimum Gasteiger partial charge on any atom is -0.469 e. The summed E-state index contributed by atoms with van der Waals surface area (Å²) in [7, 11) is 1.82. The molecule has 0 spiro atoms. The summed E-state index contributed by atoms with van der Waals surface area (Å²) in [6.45, 7) is 1.85. The Bertz CT molecular complexity index is 380. The van der Waals surface area contributed by atoms with E-state index in [2.05, 4.69) is 15.6 Å². The van der Waals surface area contributed by atoms with Crippen LogP contribution in [0.2, 0.25) is 0 Å². The zero-order chi connectivity index (χ0) is 14.0. The van der Waals surface area contributed by atoms with Crippen molar-refractivity contribution in [3.8, 4) is 0 Å². The van der Waals surface area contributed by atoms with Crippen LogP contribution in [0.4, 0.5) is 0 Å². The largest absolute Gasteiger partial charge is 0.469 e. The minimum absolute atomic E-state index is 0.843. The molecule has 20 heavy (non-hydrogen) atoms. The topological polar surface area (TPSA) is 49.6 Å². The molecule has 0 aliphatic heterocycles. The average molecular weight is 277 g/mol. The van der Waals surface area contributed by atoms with Crippen molar-refractivity contribution in [2.75, 3.05) is 20.1 Å². The number of nitrogens with one attached hydrogen (secondary N) is 2. The van der Waals surface area contributed by atoms with E-state index < -0.39 is 0 Å². The maximum Gasteiger partial charge on any atom is 0.190 e. The van der Waals surface area contributed by atoms with Gasteiger partial charge in [-0.2, -0.15) is 0 Å². The molecule has 0 bridgehead atoms. The molecule has 0 amide bonds. The van der Waals surface area contributed by atoms with Gasteiger partial charge >= 0.3 is 0 Å². The lowest BCUT2D eigenvalue weighted by Gasteiger charge is -2.13. The van der Waals surface area contributed by atoms with Crippen LogP contribution in [0.25, 0.3) is 0 Å². The predicted octanol–water partition coefficient (Wildman–Crippen LogP) is 2.96. The van der Waals surface area contributed by atoms with Crippen molar-refractivity contribution in [3.05, 3.63) is 24.2 Å². The highest BCUT2D eigenvalue weighted by atomic mass is 16.3. The maximum atomic E-state index is 5.30. The Kier molecular flexibility index (Phi) is 6.48. The Morgan fingerprint density at radius 3 is 2.80 bits per heavy atom. The van der Waals surface area contributed by atoms with Crippen LogP contribution in [-0.2, 0) is 6.42 Å². The van der Waals surface area contributed by atoms with Gasteiger partial charge in [-0.15, -0.1) is 0 Å². The fourth-order valence-electron chi connectivity index (χ4n) is 2.88. The van der Waals surface area contributed by atoms with Crippen molar-refractivity contribution in [1.82, 2.24) is 10.6 Å². The highest BCUT2D eigenvalue weighted by molar-refractivity contribution is 5.79. The Hall–Kier alpha value is -1.45. The fourth-order valence-corrected chi connectivity index (χ4v) is 2.88. The number of nitrogens with zero attached hydrogens (tertiary/aromatic N) is 1. The number of hydrogen-bond acceptors (Lipinski definition) is 2. The van der Waals surface area contributed by atoms with E-state index in [0.29, 0.717) is 0 Å². The van der Waals surface area contributed by atoms with Gasteiger partial charge in [0, 0.05) is 26.6 Å². The molecule has 1 aliphatic carbocycles. The third kappa shape index (κ3) is 5.27. The van der Waals surface area contributed by atoms with Crippen LogP contribution in [0.15, 0.2) is 27.8 Å². The summed E-state index contributed by atoms with van der Waals surface area (Å²) < 4.78 is 5.30. The molecular formula is C16H27N3O. The van der Waals surface area contributed by atoms with Gasteiger partial charge < -0.3 is 15.1 Å². The van der Waals surface area contributed by atoms with E-state index in [0.717, 1.165) is 37.1 Å². The normalized spacial score (nSPS) is 16.6. The van der Waals surface area contributed by atoms with Gasteiger partial charge in [-0.25, -0.2) is 0 Å². The zero-order valence-corrected chi connectivity index (χ0v) is 12.5. The monoisotopic (exact) mass is 277 g/mol. The molecule has 2 rings (SSSR count). The number of aliphatic imine (C=N–C) groups is 1. The van der Waals surface area contributed by atoms with E-state index in [1.165, 1.54) is 38.5 Å². The first-order valence-electron chi connectivity index (χ1n) is 7.85. The smallest absolute Gasteiger partial charge is 0.190 e. The third-order valence-electron chi connectivity index (χ3n) is 4.02. The van der Waals surface area contributed by atoms with Gasteiger partial charge in [-0.05, 0) is 30.9 Å². The van der Waals surface area contributed by atoms with Crippen LogP contribution in [0, 0.1) is 5.92 Å². The summed E-state index contributed by atoms with van der Waals surface area (Å²) in [5, 5.41) is 6.70. The molecule has 1 aromatic heterocycles. The van der Waals surface area contributed by atoms with Gasteiger partial charge in [0.25, 0.3) is 0 Å². The molecular weight excluding hydrogens is 250 g/mol. The number of rotatable bonds is 7. The second-order valence-electron chi connectivity index (χ2n) is 5.55. The number of guanidine groups is 1. The summed E-state index contributed by atoms with van der Waals surface area (Å²) in [6.07, 6.45) is 11.0. The van der Waals surface area contributed by atoms with E-state index in [1.807, 2.05) is 19.2 Å². The van der Waals surface area contributed by atoms with Crippen LogP contribution < -0.4 is 10.6 Å². The molecule has 1 aliphatic rings. The van der Waals surface area contributed by atoms with Crippen LogP contribution in [0.5, 0.6) is 0 Å². The van der Waals surface area contributed by atoms with Crippen molar-refractivity contribution >= 4 is 5.96 Å². The zero-order valence-electron chi connectivity index (χ0n) is 12.5. The number of hydrogen-bond donors (Lipinski definition) is 2. The highest BCUT2D eigenvalue weighted by Gasteiger charge is 2.13. The van der Waals surface area contributed by atoms with Crippen LogP contribution in [0.1, 0.15) is 44.3 Å². The lowest BCUT2D eigenvalue weighted by atomic mass is 10.0. The minimum atomic E-state index is 0.843. The molecule has 2 N–H and O–H groups in total. The van der Waals surface area contributed by atoms with E-state index >= 15 is 0 Å². The molecule has 4 heteroatoms. The summed E-state index contributed by atoms with van der Waals surface area (Å²) in [4.78, 5) is 4.24. The molecule has 1 fully saturated rings. The second-order valence-corrected chi connectivity index (χ2v) is 5.55. The third-order valence-corrected chi connectivity index (χ3v) is 4.02. The van der Waals surface area contributed by atoms with Crippen LogP contribution in [-0.4, -0.2) is 26.1 Å². The van der Waals surface area contributed by atoms with E-state index in [9.17, 15) is 0 Å². The Balaban J connectivity index is 1.53. The molecule has 4 nitrogen and oxygen atoms in total. The predicted molar refractivity (Wildman–Crippen MR) is 83.0 cm³/mol. The highest BCUT2D eigenvalue weighted by Crippen LogP contribution is 2.28. The van der Waals surface area contributed by atoms with Crippen molar-refractivity contribution in [1.29, 1.82) is 0 Å². The Labute approximate surface area is 122 Å². The van der Waals surface area contributed by atoms with Gasteiger partial charge in [0.1, 0.15) is 5.76 Å². The molecule has 1 saturated carbocycles. The second kappa shape index (κ2) is 8.67. The summed E-state index contributed by atoms with van der Waals surface area (Å²) >= 11 is 0. The van der Waals surface area contributed by atoms with Crippen molar-refractivity contribution in [2.45, 2.75) is 44.9 Å². The summed E-state index contributed by atoms with van der Waals surface area (Å²) in [5.74, 6) is 2.88. The Morgan fingerprint density at radius 1 is 1.30 bits per heavy atom. The standard InChI is InChI=1S/C16H27N3O/c1-17-16(19-12-10-15-9-5-13-20-15)18-11-4-8-14-6-2-3-7-14/h5,9,13-14H,2-4,6-8,10-12H2,1H3,(H2,17,18,19). The molecule has 1 heterocycles. The Morgan fingerprint density at radius 2 is 2.10 bits per heavy atom. The summed E-state index contributed by atoms with van der Waals surface area (Å²) in [5.41, 5.74) is 0. The first-order valence-corrected chi connectivity index (χ1v) is 7.85. The maximum absolute atomic E-state index is 5.30. The molecule has 0 unspecified atom stereocenters. The number of furan rings is 1. The van der Waals surface area contributed by atoms with E-state index in [1.54, 1.807) is 6.26 Å². The van der Waals surface area contributed by atoms with E-state index in [-0.39, 0.29) is 0 Å². The van der Waals surface area contributed by atoms with Crippen LogP contribution >= 0.6 is 0 Å². The first kappa shape index (κ1) is 14.9. The molecule has 112 valence electrons. The molecule has 0 radical (unpaired) electrons. The van der Waals surface area contributed by atoms with Crippen LogP contribution in [0.3, 0.4) is 0 Å². The lowest BCUT2D eigenvalue weighted by molar-refractivity contribution is 0.481. The van der Waals surface area contributed by atoms with Crippen molar-refractivity contribution in [3.63, 3.8) is 0 Å². The van der Waals surface area contributed by atoms with Crippen molar-refractivity contribution in [2.24, 2.45) is 10.9 Å². The van der Waals surface area contributed by atoms with E-state index in [4.69, 9.17) is 4.42 Å². The lowest BCUT2D eigenvalue weighted by Crippen LogP contribution is -2.38. The van der Waals surface area contributed by atoms with Gasteiger partial charge in [-0.3, -0.25) is 4.99 Å². The average Bonchev–Trinajstić information content (AvgIpc) is 3.14. The SMILES string of the molecule is CN=C(NCCCC1CCCC1)NCCc1ccco1. The molecule has 1 aromatic rings. The fraction of sp³-hybridized carbons (Fsp3) is 0.688. The van der Waals surface area contributed by atoms with Gasteiger partial charge in [0.05, 0.1) is 6.26 Å². The molecule has 0 saturated heterocycles. The first-order chi connectivity index (χ1) is 9.88. The van der Waals surface area contributed by atoms with Gasteiger partial charge in [0.15, 0.2) is 5.96 Å². The molecule has 0 atom stereocenters.